The molecule has 1 aliphatic heterocycles. The molecular weight excluding hydrogens is 448 g/mol. The van der Waals surface area contributed by atoms with Gasteiger partial charge in [-0.05, 0) is 19.9 Å². The number of Topliss-reactive ketones (excluding diaryl/α,β-unsaturated/α-hetero) is 2. The first-order valence-corrected chi connectivity index (χ1v) is 12.6. The lowest BCUT2D eigenvalue weighted by molar-refractivity contribution is 0.0957. The van der Waals surface area contributed by atoms with E-state index < -0.39 is 22.4 Å². The third-order valence-electron chi connectivity index (χ3n) is 5.90. The Morgan fingerprint density at radius 1 is 0.765 bits per heavy atom. The predicted octanol–water partition coefficient (Wildman–Crippen LogP) is 4.47. The number of nitrogens with zero attached hydrogens (tertiary/aromatic N) is 2. The van der Waals surface area contributed by atoms with Crippen molar-refractivity contribution in [2.75, 3.05) is 19.6 Å². The molecule has 34 heavy (non-hydrogen) atoms. The molecule has 4 rings (SSSR count). The van der Waals surface area contributed by atoms with Gasteiger partial charge in [0.25, 0.3) is 10.0 Å². The maximum Gasteiger partial charge on any atom is 0.265 e. The second kappa shape index (κ2) is 9.65. The summed E-state index contributed by atoms with van der Waals surface area (Å²) in [4.78, 5) is 29.1. The van der Waals surface area contributed by atoms with E-state index in [-0.39, 0.29) is 16.4 Å². The molecule has 7 heteroatoms. The number of allylic oxidation sites excluding steroid dienone is 1. The van der Waals surface area contributed by atoms with Gasteiger partial charge in [-0.15, -0.1) is 0 Å². The van der Waals surface area contributed by atoms with Crippen molar-refractivity contribution < 1.29 is 18.0 Å². The first-order chi connectivity index (χ1) is 16.4. The maximum atomic E-state index is 13.9. The third kappa shape index (κ3) is 4.15. The Morgan fingerprint density at radius 3 is 1.88 bits per heavy atom. The summed E-state index contributed by atoms with van der Waals surface area (Å²) in [7, 11) is -4.16. The highest BCUT2D eigenvalue weighted by atomic mass is 32.2. The van der Waals surface area contributed by atoms with Crippen LogP contribution >= 0.6 is 0 Å². The molecule has 0 bridgehead atoms. The zero-order chi connectivity index (χ0) is 24.3. The fraction of sp³-hybridized carbons (Fsp3) is 0.185. The molecule has 0 aromatic heterocycles. The number of ketones is 2. The van der Waals surface area contributed by atoms with Crippen LogP contribution in [-0.4, -0.2) is 48.8 Å². The van der Waals surface area contributed by atoms with Gasteiger partial charge in [-0.1, -0.05) is 78.9 Å². The van der Waals surface area contributed by atoms with Crippen LogP contribution in [0.3, 0.4) is 0 Å². The molecule has 3 aromatic rings. The van der Waals surface area contributed by atoms with Crippen LogP contribution in [-0.2, 0) is 10.0 Å². The van der Waals surface area contributed by atoms with Crippen LogP contribution in [0, 0.1) is 0 Å². The summed E-state index contributed by atoms with van der Waals surface area (Å²) in [6, 6.07) is 23.7. The van der Waals surface area contributed by atoms with Crippen LogP contribution in [0.2, 0.25) is 0 Å². The first kappa shape index (κ1) is 23.4. The summed E-state index contributed by atoms with van der Waals surface area (Å²) < 4.78 is 28.7. The van der Waals surface area contributed by atoms with E-state index in [9.17, 15) is 18.0 Å². The molecule has 0 saturated carbocycles. The Hall–Kier alpha value is -3.71. The maximum absolute atomic E-state index is 13.9. The molecule has 6 nitrogen and oxygen atoms in total. The Morgan fingerprint density at radius 2 is 1.29 bits per heavy atom. The SMILES string of the molecule is CCN(CC)C1=C(C(=O)c2ccccc2)N(CC(=O)c2ccccc2)S(=O)(=O)c2ccccc21. The van der Waals surface area contributed by atoms with Crippen molar-refractivity contribution >= 4 is 27.3 Å². The molecule has 0 spiro atoms. The molecule has 0 unspecified atom stereocenters. The lowest BCUT2D eigenvalue weighted by atomic mass is 10.0. The summed E-state index contributed by atoms with van der Waals surface area (Å²) >= 11 is 0. The Bertz CT molecular complexity index is 1350. The van der Waals surface area contributed by atoms with E-state index in [0.717, 1.165) is 4.31 Å². The monoisotopic (exact) mass is 474 g/mol. The molecule has 0 atom stereocenters. The van der Waals surface area contributed by atoms with E-state index in [4.69, 9.17) is 0 Å². The average Bonchev–Trinajstić information content (AvgIpc) is 2.88. The van der Waals surface area contributed by atoms with Crippen LogP contribution < -0.4 is 0 Å². The largest absolute Gasteiger partial charge is 0.370 e. The number of carbonyl (C=O) groups is 2. The zero-order valence-electron chi connectivity index (χ0n) is 19.1. The summed E-state index contributed by atoms with van der Waals surface area (Å²) in [6.45, 7) is 4.55. The van der Waals surface area contributed by atoms with Gasteiger partial charge in [-0.3, -0.25) is 13.9 Å². The molecule has 0 fully saturated rings. The smallest absolute Gasteiger partial charge is 0.265 e. The number of hydrogen-bond donors (Lipinski definition) is 0. The van der Waals surface area contributed by atoms with Crippen LogP contribution in [0.15, 0.2) is 95.5 Å². The number of fused-ring (bicyclic) bond motifs is 1. The van der Waals surface area contributed by atoms with E-state index >= 15 is 0 Å². The highest BCUT2D eigenvalue weighted by Crippen LogP contribution is 2.39. The highest BCUT2D eigenvalue weighted by molar-refractivity contribution is 7.89. The molecule has 0 amide bonds. The standard InChI is InChI=1S/C27H26N2O4S/c1-3-28(4-2)25-22-17-11-12-18-24(22)34(32,33)29(19-23(30)20-13-7-5-8-14-20)26(25)27(31)21-15-9-6-10-16-21/h5-18H,3-4,19H2,1-2H3. The molecule has 0 aliphatic carbocycles. The lowest BCUT2D eigenvalue weighted by Crippen LogP contribution is -2.43. The van der Waals surface area contributed by atoms with Crippen molar-refractivity contribution in [2.45, 2.75) is 18.7 Å². The topological polar surface area (TPSA) is 74.8 Å². The minimum atomic E-state index is -4.16. The van der Waals surface area contributed by atoms with Crippen LogP contribution in [0.5, 0.6) is 0 Å². The van der Waals surface area contributed by atoms with Crippen LogP contribution in [0.4, 0.5) is 0 Å². The van der Waals surface area contributed by atoms with Gasteiger partial charge in [0.15, 0.2) is 5.78 Å². The first-order valence-electron chi connectivity index (χ1n) is 11.2. The fourth-order valence-electron chi connectivity index (χ4n) is 4.19. The van der Waals surface area contributed by atoms with E-state index in [0.29, 0.717) is 35.5 Å². The van der Waals surface area contributed by atoms with Crippen molar-refractivity contribution in [3.05, 3.63) is 107 Å². The van der Waals surface area contributed by atoms with Gasteiger partial charge in [-0.2, -0.15) is 0 Å². The molecule has 174 valence electrons. The second-order valence-electron chi connectivity index (χ2n) is 7.86. The predicted molar refractivity (Wildman–Crippen MR) is 132 cm³/mol. The van der Waals surface area contributed by atoms with Gasteiger partial charge < -0.3 is 4.90 Å². The number of sulfonamides is 1. The molecular formula is C27H26N2O4S. The second-order valence-corrected chi connectivity index (χ2v) is 9.69. The van der Waals surface area contributed by atoms with E-state index in [1.54, 1.807) is 78.9 Å². The van der Waals surface area contributed by atoms with E-state index in [2.05, 4.69) is 0 Å². The van der Waals surface area contributed by atoms with Crippen molar-refractivity contribution in [2.24, 2.45) is 0 Å². The van der Waals surface area contributed by atoms with Gasteiger partial charge in [0.2, 0.25) is 5.78 Å². The minimum absolute atomic E-state index is 0.00196. The average molecular weight is 475 g/mol. The van der Waals surface area contributed by atoms with Gasteiger partial charge in [0, 0.05) is 29.8 Å². The minimum Gasteiger partial charge on any atom is -0.370 e. The van der Waals surface area contributed by atoms with Crippen LogP contribution in [0.1, 0.15) is 40.1 Å². The number of hydrogen-bond acceptors (Lipinski definition) is 5. The van der Waals surface area contributed by atoms with Gasteiger partial charge in [0.1, 0.15) is 5.70 Å². The quantitative estimate of drug-likeness (QED) is 0.451. The molecule has 0 N–H and O–H groups in total. The fourth-order valence-corrected chi connectivity index (χ4v) is 5.82. The molecule has 1 aliphatic rings. The van der Waals surface area contributed by atoms with E-state index in [1.165, 1.54) is 6.07 Å². The van der Waals surface area contributed by atoms with Crippen LogP contribution in [0.25, 0.3) is 5.70 Å². The third-order valence-corrected chi connectivity index (χ3v) is 7.70. The Kier molecular flexibility index (Phi) is 6.65. The van der Waals surface area contributed by atoms with Gasteiger partial charge >= 0.3 is 0 Å². The van der Waals surface area contributed by atoms with Gasteiger partial charge in [-0.25, -0.2) is 8.42 Å². The summed E-state index contributed by atoms with van der Waals surface area (Å²) in [5.74, 6) is -0.831. The highest BCUT2D eigenvalue weighted by Gasteiger charge is 2.42. The molecule has 0 saturated heterocycles. The summed E-state index contributed by atoms with van der Waals surface area (Å²) in [5, 5.41) is 0. The van der Waals surface area contributed by atoms with Crippen molar-refractivity contribution in [3.8, 4) is 0 Å². The number of benzene rings is 3. The number of carbonyl (C=O) groups excluding carboxylic acids is 2. The molecule has 1 heterocycles. The normalized spacial score (nSPS) is 14.5. The molecule has 0 radical (unpaired) electrons. The number of rotatable bonds is 8. The lowest BCUT2D eigenvalue weighted by Gasteiger charge is -2.37. The van der Waals surface area contributed by atoms with Gasteiger partial charge in [0.05, 0.1) is 17.1 Å². The van der Waals surface area contributed by atoms with Crippen molar-refractivity contribution in [1.29, 1.82) is 0 Å². The zero-order valence-corrected chi connectivity index (χ0v) is 20.0. The van der Waals surface area contributed by atoms with Crippen molar-refractivity contribution in [3.63, 3.8) is 0 Å². The van der Waals surface area contributed by atoms with Crippen molar-refractivity contribution in [1.82, 2.24) is 9.21 Å². The Labute approximate surface area is 200 Å². The summed E-state index contributed by atoms with van der Waals surface area (Å²) in [6.07, 6.45) is 0. The Balaban J connectivity index is 1.99. The molecule has 3 aromatic carbocycles. The van der Waals surface area contributed by atoms with E-state index in [1.807, 2.05) is 18.7 Å². The summed E-state index contributed by atoms with van der Waals surface area (Å²) in [5.41, 5.74) is 1.72.